The summed E-state index contributed by atoms with van der Waals surface area (Å²) in [7, 11) is 1.84. The third kappa shape index (κ3) is 3.48. The Morgan fingerprint density at radius 2 is 2.16 bits per heavy atom. The number of hydrogen-bond acceptors (Lipinski definition) is 4. The van der Waals surface area contributed by atoms with Crippen molar-refractivity contribution in [3.05, 3.63) is 48.2 Å². The molecule has 19 heavy (non-hydrogen) atoms. The lowest BCUT2D eigenvalue weighted by molar-refractivity contribution is 0.628. The standard InChI is InChI=1S/C14H17FN4/c1-3-16-8-12-9-17-10-14(18-12)19(2)13-6-4-5-11(15)7-13/h4-7,9-10,16H,3,8H2,1-2H3. The molecule has 0 aliphatic carbocycles. The molecule has 0 radical (unpaired) electrons. The lowest BCUT2D eigenvalue weighted by Gasteiger charge is -2.18. The topological polar surface area (TPSA) is 41.1 Å². The summed E-state index contributed by atoms with van der Waals surface area (Å²) in [5.41, 5.74) is 1.61. The number of nitrogens with zero attached hydrogens (tertiary/aromatic N) is 3. The lowest BCUT2D eigenvalue weighted by atomic mass is 10.3. The highest BCUT2D eigenvalue weighted by Gasteiger charge is 2.07. The lowest BCUT2D eigenvalue weighted by Crippen LogP contribution is -2.16. The minimum absolute atomic E-state index is 0.263. The Labute approximate surface area is 112 Å². The zero-order valence-electron chi connectivity index (χ0n) is 11.1. The Morgan fingerprint density at radius 1 is 1.32 bits per heavy atom. The molecule has 0 bridgehead atoms. The molecule has 1 aromatic carbocycles. The number of rotatable bonds is 5. The van der Waals surface area contributed by atoms with Crippen LogP contribution in [0.1, 0.15) is 12.6 Å². The zero-order chi connectivity index (χ0) is 13.7. The maximum atomic E-state index is 13.2. The van der Waals surface area contributed by atoms with Crippen molar-refractivity contribution in [3.63, 3.8) is 0 Å². The number of nitrogens with one attached hydrogen (secondary N) is 1. The zero-order valence-corrected chi connectivity index (χ0v) is 11.1. The number of anilines is 2. The van der Waals surface area contributed by atoms with Crippen molar-refractivity contribution in [2.24, 2.45) is 0 Å². The molecule has 0 saturated heterocycles. The van der Waals surface area contributed by atoms with E-state index in [1.165, 1.54) is 12.1 Å². The van der Waals surface area contributed by atoms with Crippen molar-refractivity contribution in [3.8, 4) is 0 Å². The van der Waals surface area contributed by atoms with Crippen LogP contribution in [-0.4, -0.2) is 23.6 Å². The molecule has 0 amide bonds. The molecule has 2 rings (SSSR count). The molecule has 0 atom stereocenters. The van der Waals surface area contributed by atoms with Gasteiger partial charge in [-0.25, -0.2) is 9.37 Å². The van der Waals surface area contributed by atoms with Gasteiger partial charge in [0.25, 0.3) is 0 Å². The van der Waals surface area contributed by atoms with Gasteiger partial charge in [-0.1, -0.05) is 13.0 Å². The first kappa shape index (κ1) is 13.4. The summed E-state index contributed by atoms with van der Waals surface area (Å²) < 4.78 is 13.2. The van der Waals surface area contributed by atoms with E-state index >= 15 is 0 Å². The van der Waals surface area contributed by atoms with Crippen LogP contribution in [0.4, 0.5) is 15.9 Å². The molecule has 0 aliphatic rings. The minimum Gasteiger partial charge on any atom is -0.328 e. The summed E-state index contributed by atoms with van der Waals surface area (Å²) in [6, 6.07) is 6.40. The van der Waals surface area contributed by atoms with E-state index in [0.29, 0.717) is 12.4 Å². The van der Waals surface area contributed by atoms with Crippen LogP contribution in [-0.2, 0) is 6.54 Å². The van der Waals surface area contributed by atoms with Gasteiger partial charge in [0.15, 0.2) is 5.82 Å². The van der Waals surface area contributed by atoms with Crippen molar-refractivity contribution in [2.45, 2.75) is 13.5 Å². The second-order valence-corrected chi connectivity index (χ2v) is 4.19. The van der Waals surface area contributed by atoms with Crippen molar-refractivity contribution in [2.75, 3.05) is 18.5 Å². The Kier molecular flexibility index (Phi) is 4.41. The van der Waals surface area contributed by atoms with E-state index in [4.69, 9.17) is 0 Å². The van der Waals surface area contributed by atoms with E-state index in [2.05, 4.69) is 15.3 Å². The fourth-order valence-electron chi connectivity index (χ4n) is 1.71. The number of halogens is 1. The van der Waals surface area contributed by atoms with E-state index in [1.807, 2.05) is 24.9 Å². The molecule has 0 spiro atoms. The highest BCUT2D eigenvalue weighted by Crippen LogP contribution is 2.21. The molecule has 1 aromatic heterocycles. The highest BCUT2D eigenvalue weighted by atomic mass is 19.1. The maximum absolute atomic E-state index is 13.2. The third-order valence-electron chi connectivity index (χ3n) is 2.77. The number of aromatic nitrogens is 2. The summed E-state index contributed by atoms with van der Waals surface area (Å²) in [5, 5.41) is 3.20. The van der Waals surface area contributed by atoms with Gasteiger partial charge in [0.2, 0.25) is 0 Å². The van der Waals surface area contributed by atoms with Crippen molar-refractivity contribution in [1.82, 2.24) is 15.3 Å². The molecule has 100 valence electrons. The van der Waals surface area contributed by atoms with E-state index < -0.39 is 0 Å². The first-order valence-corrected chi connectivity index (χ1v) is 6.21. The van der Waals surface area contributed by atoms with Gasteiger partial charge >= 0.3 is 0 Å². The van der Waals surface area contributed by atoms with Gasteiger partial charge in [-0.15, -0.1) is 0 Å². The number of hydrogen-bond donors (Lipinski definition) is 1. The molecule has 4 nitrogen and oxygen atoms in total. The summed E-state index contributed by atoms with van der Waals surface area (Å²) in [6.45, 7) is 3.59. The molecule has 5 heteroatoms. The van der Waals surface area contributed by atoms with Crippen LogP contribution in [0.15, 0.2) is 36.7 Å². The normalized spacial score (nSPS) is 10.5. The van der Waals surface area contributed by atoms with E-state index in [1.54, 1.807) is 18.5 Å². The quantitative estimate of drug-likeness (QED) is 0.896. The van der Waals surface area contributed by atoms with E-state index in [0.717, 1.165) is 17.9 Å². The van der Waals surface area contributed by atoms with Crippen molar-refractivity contribution in [1.29, 1.82) is 0 Å². The van der Waals surface area contributed by atoms with Crippen molar-refractivity contribution < 1.29 is 4.39 Å². The molecule has 0 aliphatic heterocycles. The maximum Gasteiger partial charge on any atom is 0.151 e. The second kappa shape index (κ2) is 6.24. The van der Waals surface area contributed by atoms with Crippen LogP contribution in [0, 0.1) is 5.82 Å². The number of benzene rings is 1. The Morgan fingerprint density at radius 3 is 2.89 bits per heavy atom. The van der Waals surface area contributed by atoms with Crippen LogP contribution >= 0.6 is 0 Å². The van der Waals surface area contributed by atoms with Gasteiger partial charge in [-0.3, -0.25) is 4.98 Å². The minimum atomic E-state index is -0.263. The van der Waals surface area contributed by atoms with E-state index in [9.17, 15) is 4.39 Å². The SMILES string of the molecule is CCNCc1cncc(N(C)c2cccc(F)c2)n1. The predicted octanol–water partition coefficient (Wildman–Crippen LogP) is 2.49. The van der Waals surface area contributed by atoms with Crippen molar-refractivity contribution >= 4 is 11.5 Å². The van der Waals surface area contributed by atoms with Gasteiger partial charge in [0.1, 0.15) is 5.82 Å². The average molecular weight is 260 g/mol. The Balaban J connectivity index is 2.21. The van der Waals surface area contributed by atoms with Gasteiger partial charge < -0.3 is 10.2 Å². The largest absolute Gasteiger partial charge is 0.328 e. The van der Waals surface area contributed by atoms with Crippen LogP contribution in [0.5, 0.6) is 0 Å². The van der Waals surface area contributed by atoms with Gasteiger partial charge in [0, 0.05) is 25.5 Å². The second-order valence-electron chi connectivity index (χ2n) is 4.19. The molecule has 0 unspecified atom stereocenters. The molecule has 0 fully saturated rings. The average Bonchev–Trinajstić information content (AvgIpc) is 2.44. The monoisotopic (exact) mass is 260 g/mol. The molecule has 1 heterocycles. The summed E-state index contributed by atoms with van der Waals surface area (Å²) in [5.74, 6) is 0.433. The molecule has 0 saturated carbocycles. The van der Waals surface area contributed by atoms with Crippen LogP contribution in [0.2, 0.25) is 0 Å². The first-order valence-electron chi connectivity index (χ1n) is 6.21. The van der Waals surface area contributed by atoms with Gasteiger partial charge in [-0.2, -0.15) is 0 Å². The van der Waals surface area contributed by atoms with E-state index in [-0.39, 0.29) is 5.82 Å². The highest BCUT2D eigenvalue weighted by molar-refractivity contribution is 5.58. The fraction of sp³-hybridized carbons (Fsp3) is 0.286. The van der Waals surface area contributed by atoms with Crippen LogP contribution < -0.4 is 10.2 Å². The van der Waals surface area contributed by atoms with Gasteiger partial charge in [-0.05, 0) is 24.7 Å². The van der Waals surface area contributed by atoms with Gasteiger partial charge in [0.05, 0.1) is 11.9 Å². The predicted molar refractivity (Wildman–Crippen MR) is 73.9 cm³/mol. The Hall–Kier alpha value is -2.01. The first-order chi connectivity index (χ1) is 9.20. The summed E-state index contributed by atoms with van der Waals surface area (Å²) >= 11 is 0. The molecular weight excluding hydrogens is 243 g/mol. The van der Waals surface area contributed by atoms with Crippen LogP contribution in [0.25, 0.3) is 0 Å². The third-order valence-corrected chi connectivity index (χ3v) is 2.77. The Bertz CT molecular complexity index is 544. The van der Waals surface area contributed by atoms with Crippen LogP contribution in [0.3, 0.4) is 0 Å². The fourth-order valence-corrected chi connectivity index (χ4v) is 1.71. The smallest absolute Gasteiger partial charge is 0.151 e. The molecule has 2 aromatic rings. The summed E-state index contributed by atoms with van der Waals surface area (Å²) in [4.78, 5) is 10.5. The molecular formula is C14H17FN4. The molecule has 1 N–H and O–H groups in total. The summed E-state index contributed by atoms with van der Waals surface area (Å²) in [6.07, 6.45) is 3.39.